The fourth-order valence-electron chi connectivity index (χ4n) is 3.74. The van der Waals surface area contributed by atoms with Crippen molar-refractivity contribution < 1.29 is 4.79 Å². The number of anilines is 2. The average molecular weight is 364 g/mol. The second kappa shape index (κ2) is 6.64. The van der Waals surface area contributed by atoms with Crippen molar-refractivity contribution in [1.82, 2.24) is 19.5 Å². The number of benzene rings is 1. The summed E-state index contributed by atoms with van der Waals surface area (Å²) >= 11 is 0. The summed E-state index contributed by atoms with van der Waals surface area (Å²) in [6.45, 7) is 7.69. The largest absolute Gasteiger partial charge is 0.355 e. The minimum atomic E-state index is -0.0114. The Kier molecular flexibility index (Phi) is 4.30. The molecule has 7 heteroatoms. The van der Waals surface area contributed by atoms with E-state index < -0.39 is 0 Å². The third-order valence-electron chi connectivity index (χ3n) is 5.18. The van der Waals surface area contributed by atoms with Crippen molar-refractivity contribution in [2.75, 3.05) is 29.4 Å². The van der Waals surface area contributed by atoms with E-state index in [0.717, 1.165) is 35.8 Å². The van der Waals surface area contributed by atoms with Gasteiger partial charge in [-0.2, -0.15) is 0 Å². The third-order valence-corrected chi connectivity index (χ3v) is 5.18. The Labute approximate surface area is 158 Å². The summed E-state index contributed by atoms with van der Waals surface area (Å²) < 4.78 is 2.18. The molecule has 2 aromatic heterocycles. The molecule has 1 fully saturated rings. The van der Waals surface area contributed by atoms with E-state index in [1.54, 1.807) is 11.8 Å². The van der Waals surface area contributed by atoms with Crippen LogP contribution in [-0.4, -0.2) is 45.1 Å². The first kappa shape index (κ1) is 17.5. The molecular formula is C20H24N6O. The summed E-state index contributed by atoms with van der Waals surface area (Å²) in [5, 5.41) is 0. The van der Waals surface area contributed by atoms with E-state index in [-0.39, 0.29) is 5.91 Å². The molecule has 0 radical (unpaired) electrons. The number of carbonyl (C=O) groups is 1. The Bertz CT molecular complexity index is 1000. The molecule has 0 aliphatic carbocycles. The lowest BCUT2D eigenvalue weighted by Crippen LogP contribution is -2.46. The zero-order chi connectivity index (χ0) is 19.1. The van der Waals surface area contributed by atoms with Crippen molar-refractivity contribution in [2.24, 2.45) is 7.05 Å². The number of fused-ring (bicyclic) bond motifs is 1. The highest BCUT2D eigenvalue weighted by atomic mass is 16.2. The maximum absolute atomic E-state index is 11.9. The molecule has 0 atom stereocenters. The van der Waals surface area contributed by atoms with E-state index in [2.05, 4.69) is 38.6 Å². The topological polar surface area (TPSA) is 67.2 Å². The van der Waals surface area contributed by atoms with E-state index in [1.165, 1.54) is 0 Å². The van der Waals surface area contributed by atoms with Gasteiger partial charge in [-0.3, -0.25) is 9.69 Å². The molecule has 0 unspecified atom stereocenters. The number of nitrogens with zero attached hydrogens (tertiary/aromatic N) is 6. The molecule has 7 nitrogen and oxygen atoms in total. The summed E-state index contributed by atoms with van der Waals surface area (Å²) in [4.78, 5) is 29.6. The highest BCUT2D eigenvalue weighted by Crippen LogP contribution is 2.32. The van der Waals surface area contributed by atoms with Gasteiger partial charge >= 0.3 is 0 Å². The maximum atomic E-state index is 11.9. The van der Waals surface area contributed by atoms with Crippen LogP contribution in [0.2, 0.25) is 0 Å². The normalized spacial score (nSPS) is 14.4. The van der Waals surface area contributed by atoms with E-state index in [4.69, 9.17) is 4.98 Å². The van der Waals surface area contributed by atoms with Gasteiger partial charge in [0.05, 0.1) is 17.0 Å². The predicted molar refractivity (Wildman–Crippen MR) is 106 cm³/mol. The van der Waals surface area contributed by atoms with Gasteiger partial charge in [-0.05, 0) is 26.0 Å². The smallest absolute Gasteiger partial charge is 0.225 e. The van der Waals surface area contributed by atoms with E-state index in [9.17, 15) is 4.79 Å². The van der Waals surface area contributed by atoms with Crippen LogP contribution in [0, 0.1) is 6.92 Å². The van der Waals surface area contributed by atoms with Crippen molar-refractivity contribution in [3.63, 3.8) is 0 Å². The molecule has 1 aliphatic rings. The summed E-state index contributed by atoms with van der Waals surface area (Å²) in [7, 11) is 2.08. The van der Waals surface area contributed by atoms with Crippen LogP contribution in [0.25, 0.3) is 11.0 Å². The van der Waals surface area contributed by atoms with Crippen LogP contribution in [-0.2, 0) is 11.8 Å². The Morgan fingerprint density at radius 2 is 1.96 bits per heavy atom. The van der Waals surface area contributed by atoms with E-state index in [0.29, 0.717) is 24.1 Å². The van der Waals surface area contributed by atoms with Gasteiger partial charge in [-0.25, -0.2) is 15.0 Å². The molecular weight excluding hydrogens is 340 g/mol. The number of para-hydroxylation sites is 2. The van der Waals surface area contributed by atoms with Crippen molar-refractivity contribution >= 4 is 28.6 Å². The lowest BCUT2D eigenvalue weighted by molar-refractivity contribution is -0.116. The molecule has 140 valence electrons. The number of amides is 1. The fraction of sp³-hybridized carbons (Fsp3) is 0.400. The van der Waals surface area contributed by atoms with Gasteiger partial charge in [0.15, 0.2) is 0 Å². The predicted octanol–water partition coefficient (Wildman–Crippen LogP) is 2.65. The highest BCUT2D eigenvalue weighted by Gasteiger charge is 2.33. The van der Waals surface area contributed by atoms with Crippen molar-refractivity contribution in [2.45, 2.75) is 26.7 Å². The number of aromatic nitrogens is 4. The Balaban J connectivity index is 1.56. The molecule has 1 saturated heterocycles. The van der Waals surface area contributed by atoms with Gasteiger partial charge in [0.1, 0.15) is 23.3 Å². The third kappa shape index (κ3) is 3.03. The summed E-state index contributed by atoms with van der Waals surface area (Å²) in [5.41, 5.74) is 2.19. The van der Waals surface area contributed by atoms with E-state index >= 15 is 0 Å². The number of imidazole rings is 1. The number of carbonyl (C=O) groups excluding carboxylic acids is 1. The monoisotopic (exact) mass is 364 g/mol. The van der Waals surface area contributed by atoms with Gasteiger partial charge in [0.25, 0.3) is 0 Å². The second-order valence-corrected chi connectivity index (χ2v) is 7.01. The Morgan fingerprint density at radius 1 is 1.22 bits per heavy atom. The zero-order valence-electron chi connectivity index (χ0n) is 16.2. The quantitative estimate of drug-likeness (QED) is 0.712. The Morgan fingerprint density at radius 3 is 2.63 bits per heavy atom. The minimum absolute atomic E-state index is 0.0114. The second-order valence-electron chi connectivity index (χ2n) is 7.01. The first-order chi connectivity index (χ1) is 13.0. The number of aryl methyl sites for hydroxylation is 2. The minimum Gasteiger partial charge on any atom is -0.355 e. The zero-order valence-corrected chi connectivity index (χ0v) is 16.2. The van der Waals surface area contributed by atoms with Crippen LogP contribution in [0.1, 0.15) is 31.4 Å². The highest BCUT2D eigenvalue weighted by molar-refractivity contribution is 5.90. The van der Waals surface area contributed by atoms with Crippen LogP contribution >= 0.6 is 0 Å². The molecule has 0 spiro atoms. The van der Waals surface area contributed by atoms with Gasteiger partial charge in [0.2, 0.25) is 5.91 Å². The molecule has 0 saturated carbocycles. The number of rotatable bonds is 4. The van der Waals surface area contributed by atoms with Crippen LogP contribution in [0.3, 0.4) is 0 Å². The molecule has 3 aromatic rings. The van der Waals surface area contributed by atoms with Crippen molar-refractivity contribution in [3.8, 4) is 0 Å². The van der Waals surface area contributed by atoms with Crippen molar-refractivity contribution in [1.29, 1.82) is 0 Å². The summed E-state index contributed by atoms with van der Waals surface area (Å²) in [5.74, 6) is 3.68. The molecule has 27 heavy (non-hydrogen) atoms. The lowest BCUT2D eigenvalue weighted by atomic mass is 9.99. The first-order valence-corrected chi connectivity index (χ1v) is 9.28. The number of hydrogen-bond donors (Lipinski definition) is 0. The number of hydrogen-bond acceptors (Lipinski definition) is 5. The molecule has 0 bridgehead atoms. The van der Waals surface area contributed by atoms with Gasteiger partial charge in [0, 0.05) is 39.7 Å². The van der Waals surface area contributed by atoms with Crippen LogP contribution in [0.4, 0.5) is 11.6 Å². The molecule has 1 amide bonds. The van der Waals surface area contributed by atoms with Gasteiger partial charge in [-0.1, -0.05) is 12.1 Å². The van der Waals surface area contributed by atoms with E-state index in [1.807, 2.05) is 32.0 Å². The standard InChI is InChI=1S/C20H24N6O/c1-5-26(14(3)27)19-10-18(21-13(2)22-19)25-11-15(12-25)20-23-16-8-6-7-9-17(16)24(20)4/h6-10,15H,5,11-12H2,1-4H3. The molecule has 4 rings (SSSR count). The summed E-state index contributed by atoms with van der Waals surface area (Å²) in [6.07, 6.45) is 0. The average Bonchev–Trinajstić information content (AvgIpc) is 2.91. The molecule has 3 heterocycles. The van der Waals surface area contributed by atoms with Crippen LogP contribution in [0.5, 0.6) is 0 Å². The lowest BCUT2D eigenvalue weighted by Gasteiger charge is -2.40. The van der Waals surface area contributed by atoms with Gasteiger partial charge in [-0.15, -0.1) is 0 Å². The molecule has 0 N–H and O–H groups in total. The first-order valence-electron chi connectivity index (χ1n) is 9.28. The van der Waals surface area contributed by atoms with Crippen LogP contribution < -0.4 is 9.80 Å². The summed E-state index contributed by atoms with van der Waals surface area (Å²) in [6, 6.07) is 10.1. The van der Waals surface area contributed by atoms with Crippen molar-refractivity contribution in [3.05, 3.63) is 42.0 Å². The Hall–Kier alpha value is -2.96. The molecule has 1 aliphatic heterocycles. The van der Waals surface area contributed by atoms with Gasteiger partial charge < -0.3 is 9.47 Å². The fourth-order valence-corrected chi connectivity index (χ4v) is 3.74. The maximum Gasteiger partial charge on any atom is 0.225 e. The SMILES string of the molecule is CCN(C(C)=O)c1cc(N2CC(c3nc4ccccc4n3C)C2)nc(C)n1. The molecule has 1 aromatic carbocycles. The van der Waals surface area contributed by atoms with Crippen LogP contribution in [0.15, 0.2) is 30.3 Å².